The highest BCUT2D eigenvalue weighted by Crippen LogP contribution is 2.42. The molecule has 21 heavy (non-hydrogen) atoms. The maximum absolute atomic E-state index is 13.4. The Bertz CT molecular complexity index is 527. The third-order valence-corrected chi connectivity index (χ3v) is 4.88. The number of rotatable bonds is 3. The van der Waals surface area contributed by atoms with Crippen molar-refractivity contribution in [1.82, 2.24) is 0 Å². The second-order valence-electron chi connectivity index (χ2n) is 5.40. The molecule has 2 rings (SSSR count). The van der Waals surface area contributed by atoms with Gasteiger partial charge in [-0.1, -0.05) is 25.0 Å². The van der Waals surface area contributed by atoms with Gasteiger partial charge in [0.1, 0.15) is 11.6 Å². The first-order valence-electron chi connectivity index (χ1n) is 6.83. The van der Waals surface area contributed by atoms with E-state index >= 15 is 0 Å². The molecule has 1 aliphatic rings. The number of carbonyl (C=O) groups excluding carboxylic acids is 1. The Kier molecular flexibility index (Phi) is 5.07. The van der Waals surface area contributed by atoms with Crippen LogP contribution in [0.15, 0.2) is 22.7 Å². The number of Topliss-reactive ketones (excluding diaryl/α,β-unsaturated/α-hetero) is 1. The molecule has 0 saturated heterocycles. The topological polar surface area (TPSA) is 17.1 Å². The van der Waals surface area contributed by atoms with Crippen molar-refractivity contribution in [2.24, 2.45) is 11.8 Å². The molecule has 0 N–H and O–H groups in total. The molecule has 6 heteroatoms. The summed E-state index contributed by atoms with van der Waals surface area (Å²) in [4.78, 5) is 12.2. The van der Waals surface area contributed by atoms with E-state index in [1.54, 1.807) is 6.07 Å². The van der Waals surface area contributed by atoms with E-state index in [4.69, 9.17) is 0 Å². The number of hydrogen-bond donors (Lipinski definition) is 0. The molecule has 2 unspecified atom stereocenters. The van der Waals surface area contributed by atoms with Gasteiger partial charge in [-0.15, -0.1) is 0 Å². The molecule has 2 atom stereocenters. The van der Waals surface area contributed by atoms with Crippen molar-refractivity contribution in [3.63, 3.8) is 0 Å². The summed E-state index contributed by atoms with van der Waals surface area (Å²) >= 11 is 3.04. The van der Waals surface area contributed by atoms with Gasteiger partial charge in [0.25, 0.3) is 0 Å². The van der Waals surface area contributed by atoms with Crippen molar-refractivity contribution >= 4 is 21.7 Å². The van der Waals surface area contributed by atoms with Crippen molar-refractivity contribution in [2.45, 2.75) is 38.3 Å². The van der Waals surface area contributed by atoms with Crippen LogP contribution in [0.25, 0.3) is 0 Å². The van der Waals surface area contributed by atoms with E-state index in [1.807, 2.05) is 0 Å². The predicted octanol–water partition coefficient (Wildman–Crippen LogP) is 5.07. The fourth-order valence-corrected chi connectivity index (χ4v) is 3.32. The first-order chi connectivity index (χ1) is 9.80. The van der Waals surface area contributed by atoms with Gasteiger partial charge >= 0.3 is 6.18 Å². The van der Waals surface area contributed by atoms with Crippen molar-refractivity contribution in [3.05, 3.63) is 34.1 Å². The Morgan fingerprint density at radius 1 is 1.24 bits per heavy atom. The summed E-state index contributed by atoms with van der Waals surface area (Å²) in [6.45, 7) is 0. The van der Waals surface area contributed by atoms with Crippen LogP contribution in [0.3, 0.4) is 0 Å². The van der Waals surface area contributed by atoms with Gasteiger partial charge in [0.2, 0.25) is 0 Å². The van der Waals surface area contributed by atoms with Crippen LogP contribution in [0.2, 0.25) is 0 Å². The van der Waals surface area contributed by atoms with Gasteiger partial charge < -0.3 is 0 Å². The van der Waals surface area contributed by atoms with Crippen LogP contribution in [0, 0.1) is 17.7 Å². The van der Waals surface area contributed by atoms with E-state index in [0.717, 1.165) is 0 Å². The van der Waals surface area contributed by atoms with E-state index in [0.29, 0.717) is 18.4 Å². The SMILES string of the molecule is O=C(Cc1cccc(F)c1Br)C1CCCCC1C(F)(F)F. The molecular formula is C15H15BrF4O. The number of halogens is 5. The minimum absolute atomic E-state index is 0.00419. The lowest BCUT2D eigenvalue weighted by molar-refractivity contribution is -0.197. The van der Waals surface area contributed by atoms with Crippen molar-refractivity contribution in [2.75, 3.05) is 0 Å². The third kappa shape index (κ3) is 3.84. The van der Waals surface area contributed by atoms with Crippen molar-refractivity contribution in [3.8, 4) is 0 Å². The summed E-state index contributed by atoms with van der Waals surface area (Å²) in [6.07, 6.45) is -3.12. The van der Waals surface area contributed by atoms with Gasteiger partial charge in [-0.25, -0.2) is 4.39 Å². The molecule has 0 aliphatic heterocycles. The number of ketones is 1. The third-order valence-electron chi connectivity index (χ3n) is 4.00. The van der Waals surface area contributed by atoms with Crippen LogP contribution in [-0.2, 0) is 11.2 Å². The van der Waals surface area contributed by atoms with Gasteiger partial charge in [-0.05, 0) is 40.4 Å². The molecule has 0 spiro atoms. The summed E-state index contributed by atoms with van der Waals surface area (Å²) in [6, 6.07) is 4.23. The van der Waals surface area contributed by atoms with E-state index in [2.05, 4.69) is 15.9 Å². The number of alkyl halides is 3. The number of benzene rings is 1. The van der Waals surface area contributed by atoms with Crippen LogP contribution >= 0.6 is 15.9 Å². The smallest absolute Gasteiger partial charge is 0.299 e. The van der Waals surface area contributed by atoms with Crippen molar-refractivity contribution < 1.29 is 22.4 Å². The fourth-order valence-electron chi connectivity index (χ4n) is 2.91. The molecule has 0 aromatic heterocycles. The molecule has 116 valence electrons. The van der Waals surface area contributed by atoms with E-state index in [1.165, 1.54) is 12.1 Å². The zero-order chi connectivity index (χ0) is 15.6. The monoisotopic (exact) mass is 366 g/mol. The standard InChI is InChI=1S/C15H15BrF4O/c16-14-9(4-3-7-12(14)17)8-13(21)10-5-1-2-6-11(10)15(18,19)20/h3-4,7,10-11H,1-2,5-6,8H2. The molecular weight excluding hydrogens is 352 g/mol. The molecule has 1 saturated carbocycles. The van der Waals surface area contributed by atoms with E-state index in [-0.39, 0.29) is 23.7 Å². The van der Waals surface area contributed by atoms with Crippen molar-refractivity contribution in [1.29, 1.82) is 0 Å². The van der Waals surface area contributed by atoms with E-state index < -0.39 is 29.6 Å². The summed E-state index contributed by atoms with van der Waals surface area (Å²) in [7, 11) is 0. The largest absolute Gasteiger partial charge is 0.392 e. The Hall–Kier alpha value is -0.910. The first kappa shape index (κ1) is 16.5. The van der Waals surface area contributed by atoms with Crippen LogP contribution in [-0.4, -0.2) is 12.0 Å². The summed E-state index contributed by atoms with van der Waals surface area (Å²) in [5, 5.41) is 0. The molecule has 0 heterocycles. The predicted molar refractivity (Wildman–Crippen MR) is 74.3 cm³/mol. The van der Waals surface area contributed by atoms with Gasteiger partial charge in [0, 0.05) is 12.3 Å². The summed E-state index contributed by atoms with van der Waals surface area (Å²) in [5.41, 5.74) is 0.395. The normalized spacial score (nSPS) is 23.1. The van der Waals surface area contributed by atoms with Crippen LogP contribution in [0.4, 0.5) is 17.6 Å². The Labute approximate surface area is 128 Å². The maximum Gasteiger partial charge on any atom is 0.392 e. The Morgan fingerprint density at radius 2 is 1.90 bits per heavy atom. The highest BCUT2D eigenvalue weighted by molar-refractivity contribution is 9.10. The van der Waals surface area contributed by atoms with Gasteiger partial charge in [-0.3, -0.25) is 4.79 Å². The zero-order valence-electron chi connectivity index (χ0n) is 11.2. The highest BCUT2D eigenvalue weighted by atomic mass is 79.9. The van der Waals surface area contributed by atoms with Crippen LogP contribution in [0.1, 0.15) is 31.2 Å². The lowest BCUT2D eigenvalue weighted by Crippen LogP contribution is -2.37. The van der Waals surface area contributed by atoms with Gasteiger partial charge in [0.15, 0.2) is 0 Å². The lowest BCUT2D eigenvalue weighted by atomic mass is 9.75. The fraction of sp³-hybridized carbons (Fsp3) is 0.533. The Balaban J connectivity index is 2.16. The second kappa shape index (κ2) is 6.46. The minimum Gasteiger partial charge on any atom is -0.299 e. The molecule has 1 fully saturated rings. The second-order valence-corrected chi connectivity index (χ2v) is 6.19. The van der Waals surface area contributed by atoms with E-state index in [9.17, 15) is 22.4 Å². The average Bonchev–Trinajstić information content (AvgIpc) is 2.43. The molecule has 0 radical (unpaired) electrons. The number of hydrogen-bond acceptors (Lipinski definition) is 1. The molecule has 0 amide bonds. The number of carbonyl (C=O) groups is 1. The van der Waals surface area contributed by atoms with Gasteiger partial charge in [-0.2, -0.15) is 13.2 Å². The molecule has 1 aromatic rings. The van der Waals surface area contributed by atoms with Gasteiger partial charge in [0.05, 0.1) is 10.4 Å². The maximum atomic E-state index is 13.4. The zero-order valence-corrected chi connectivity index (χ0v) is 12.8. The molecule has 0 bridgehead atoms. The lowest BCUT2D eigenvalue weighted by Gasteiger charge is -2.32. The molecule has 1 aromatic carbocycles. The average molecular weight is 367 g/mol. The summed E-state index contributed by atoms with van der Waals surface area (Å²) < 4.78 is 52.6. The quantitative estimate of drug-likeness (QED) is 0.682. The van der Waals surface area contributed by atoms with Crippen LogP contribution in [0.5, 0.6) is 0 Å². The minimum atomic E-state index is -4.35. The molecule has 1 aliphatic carbocycles. The summed E-state index contributed by atoms with van der Waals surface area (Å²) in [5.74, 6) is -3.54. The highest BCUT2D eigenvalue weighted by Gasteiger charge is 2.47. The van der Waals surface area contributed by atoms with Crippen LogP contribution < -0.4 is 0 Å². The molecule has 1 nitrogen and oxygen atoms in total. The first-order valence-corrected chi connectivity index (χ1v) is 7.62. The Morgan fingerprint density at radius 3 is 2.57 bits per heavy atom.